The van der Waals surface area contributed by atoms with Gasteiger partial charge in [0.15, 0.2) is 0 Å². The van der Waals surface area contributed by atoms with Crippen molar-refractivity contribution in [3.63, 3.8) is 0 Å². The van der Waals surface area contributed by atoms with Crippen molar-refractivity contribution in [1.29, 1.82) is 0 Å². The third-order valence-corrected chi connectivity index (χ3v) is 7.41. The van der Waals surface area contributed by atoms with E-state index >= 15 is 0 Å². The van der Waals surface area contributed by atoms with Crippen LogP contribution in [0.4, 0.5) is 0 Å². The van der Waals surface area contributed by atoms with Crippen molar-refractivity contribution in [2.45, 2.75) is 51.2 Å². The first-order valence-corrected chi connectivity index (χ1v) is 13.6. The van der Waals surface area contributed by atoms with Gasteiger partial charge in [-0.15, -0.1) is 0 Å². The first-order valence-electron chi connectivity index (χ1n) is 10.9. The topological polar surface area (TPSA) is 190 Å². The summed E-state index contributed by atoms with van der Waals surface area (Å²) in [6.07, 6.45) is 2.26. The number of aliphatic carboxylic acids is 2. The summed E-state index contributed by atoms with van der Waals surface area (Å²) in [6.45, 7) is 10.5. The van der Waals surface area contributed by atoms with Crippen molar-refractivity contribution in [2.24, 2.45) is 23.3 Å². The molecule has 6 N–H and O–H groups in total. The molecule has 35 heavy (non-hydrogen) atoms. The molecule has 1 amide bonds. The van der Waals surface area contributed by atoms with Crippen molar-refractivity contribution in [1.82, 2.24) is 4.90 Å². The van der Waals surface area contributed by atoms with E-state index in [1.807, 2.05) is 14.0 Å². The van der Waals surface area contributed by atoms with Crippen LogP contribution in [-0.2, 0) is 14.4 Å². The van der Waals surface area contributed by atoms with E-state index in [0.29, 0.717) is 28.6 Å². The van der Waals surface area contributed by atoms with Crippen LogP contribution in [0.25, 0.3) is 0 Å². The number of carboxylic acids is 2. The number of carboxylic acid groups (broad SMARTS) is 2. The predicted molar refractivity (Wildman–Crippen MR) is 148 cm³/mol. The SMILES string of the molecule is C/C=C/[N+](=O)[O-].CC(CN)SCC(C)C(=O)O.CC(CS)C(=O)O.CC1CN(C)C(=O)C(N)CS1. The van der Waals surface area contributed by atoms with Gasteiger partial charge in [-0.25, -0.2) is 0 Å². The molecule has 1 fully saturated rings. The number of likely N-dealkylation sites (N-methyl/N-ethyl adjacent to an activating group) is 1. The van der Waals surface area contributed by atoms with Crippen LogP contribution in [0.1, 0.15) is 34.6 Å². The molecule has 0 aliphatic carbocycles. The summed E-state index contributed by atoms with van der Waals surface area (Å²) in [4.78, 5) is 42.1. The number of nitro groups is 1. The van der Waals surface area contributed by atoms with Gasteiger partial charge in [0.1, 0.15) is 0 Å². The Balaban J connectivity index is -0.000000404. The lowest BCUT2D eigenvalue weighted by Crippen LogP contribution is -2.42. The minimum atomic E-state index is -0.782. The lowest BCUT2D eigenvalue weighted by Gasteiger charge is -2.17. The van der Waals surface area contributed by atoms with E-state index in [9.17, 15) is 24.5 Å². The summed E-state index contributed by atoms with van der Waals surface area (Å²) in [6, 6.07) is -0.296. The zero-order chi connectivity index (χ0) is 28.1. The van der Waals surface area contributed by atoms with Crippen LogP contribution in [0.2, 0.25) is 0 Å². The molecule has 0 aromatic heterocycles. The van der Waals surface area contributed by atoms with Gasteiger partial charge >= 0.3 is 11.9 Å². The highest BCUT2D eigenvalue weighted by Gasteiger charge is 2.24. The molecule has 5 unspecified atom stereocenters. The van der Waals surface area contributed by atoms with Gasteiger partial charge in [0.2, 0.25) is 12.1 Å². The summed E-state index contributed by atoms with van der Waals surface area (Å²) in [5.41, 5.74) is 11.0. The van der Waals surface area contributed by atoms with Gasteiger partial charge in [0.05, 0.1) is 22.8 Å². The molecule has 0 radical (unpaired) electrons. The summed E-state index contributed by atoms with van der Waals surface area (Å²) in [5.74, 6) is -0.219. The number of carbonyl (C=O) groups excluding carboxylic acids is 1. The minimum absolute atomic E-state index is 0.0712. The Morgan fingerprint density at radius 2 is 1.83 bits per heavy atom. The highest BCUT2D eigenvalue weighted by Crippen LogP contribution is 2.16. The zero-order valence-electron chi connectivity index (χ0n) is 21.3. The van der Waals surface area contributed by atoms with Crippen molar-refractivity contribution in [2.75, 3.05) is 37.4 Å². The molecule has 1 aliphatic rings. The molecule has 0 bridgehead atoms. The number of nitrogens with two attached hydrogens (primary N) is 2. The quantitative estimate of drug-likeness (QED) is 0.167. The van der Waals surface area contributed by atoms with E-state index in [-0.39, 0.29) is 23.8 Å². The van der Waals surface area contributed by atoms with Crippen molar-refractivity contribution < 1.29 is 29.5 Å². The van der Waals surface area contributed by atoms with Crippen molar-refractivity contribution in [3.8, 4) is 0 Å². The molecule has 5 atom stereocenters. The number of hydrogen-bond donors (Lipinski definition) is 5. The molecule has 1 heterocycles. The van der Waals surface area contributed by atoms with Crippen LogP contribution in [-0.4, -0.2) is 91.8 Å². The van der Waals surface area contributed by atoms with Gasteiger partial charge in [-0.3, -0.25) is 24.5 Å². The second kappa shape index (κ2) is 23.0. The molecular formula is C21H42N4O7S3. The van der Waals surface area contributed by atoms with Crippen molar-refractivity contribution in [3.05, 3.63) is 22.4 Å². The molecule has 1 rings (SSSR count). The lowest BCUT2D eigenvalue weighted by molar-refractivity contribution is -0.402. The van der Waals surface area contributed by atoms with Crippen LogP contribution in [0.5, 0.6) is 0 Å². The Morgan fingerprint density at radius 1 is 1.31 bits per heavy atom. The lowest BCUT2D eigenvalue weighted by atomic mass is 10.2. The fourth-order valence-electron chi connectivity index (χ4n) is 1.80. The maximum Gasteiger partial charge on any atom is 0.307 e. The first-order chi connectivity index (χ1) is 16.1. The van der Waals surface area contributed by atoms with Gasteiger partial charge in [0, 0.05) is 47.9 Å². The molecule has 206 valence electrons. The molecule has 0 saturated carbocycles. The molecule has 0 aromatic carbocycles. The standard InChI is InChI=1S/C7H14N2OS.C7H15NO2S.C4H8O2S.C3H5NO2/c1-5-3-9(2)7(10)6(8)4-11-5;1-5(7(9)10)4-11-6(2)3-8;1-3(2-7)4(5)6;1-2-3-4(5)6/h5-6H,3-4,8H2,1-2H3;5-6H,3-4,8H2,1-2H3,(H,9,10);3,7H,2H2,1H3,(H,5,6);2-3H,1H3/b;;;3-2+. The molecule has 11 nitrogen and oxygen atoms in total. The van der Waals surface area contributed by atoms with E-state index in [2.05, 4.69) is 19.6 Å². The van der Waals surface area contributed by atoms with Gasteiger partial charge in [0.25, 0.3) is 0 Å². The van der Waals surface area contributed by atoms with E-state index in [1.54, 1.807) is 49.2 Å². The number of nitrogens with zero attached hydrogens (tertiary/aromatic N) is 2. The predicted octanol–water partition coefficient (Wildman–Crippen LogP) is 2.13. The Morgan fingerprint density at radius 3 is 2.14 bits per heavy atom. The van der Waals surface area contributed by atoms with Crippen LogP contribution < -0.4 is 11.5 Å². The van der Waals surface area contributed by atoms with Gasteiger partial charge in [-0.05, 0) is 13.0 Å². The highest BCUT2D eigenvalue weighted by atomic mass is 32.2. The maximum atomic E-state index is 11.3. The highest BCUT2D eigenvalue weighted by molar-refractivity contribution is 8.00. The molecule has 1 aliphatic heterocycles. The summed E-state index contributed by atoms with van der Waals surface area (Å²) < 4.78 is 0. The number of allylic oxidation sites excluding steroid dienone is 1. The maximum absolute atomic E-state index is 11.3. The number of thiol groups is 1. The van der Waals surface area contributed by atoms with E-state index in [4.69, 9.17) is 21.7 Å². The van der Waals surface area contributed by atoms with Crippen LogP contribution >= 0.6 is 36.2 Å². The summed E-state index contributed by atoms with van der Waals surface area (Å²) in [5, 5.41) is 26.8. The number of rotatable bonds is 8. The number of carbonyl (C=O) groups is 3. The average molecular weight is 559 g/mol. The molecular weight excluding hydrogens is 516 g/mol. The smallest absolute Gasteiger partial charge is 0.307 e. The Bertz CT molecular complexity index is 656. The van der Waals surface area contributed by atoms with E-state index < -0.39 is 16.9 Å². The second-order valence-electron chi connectivity index (χ2n) is 7.78. The zero-order valence-corrected chi connectivity index (χ0v) is 23.9. The van der Waals surface area contributed by atoms with Crippen LogP contribution in [0.3, 0.4) is 0 Å². The Hall–Kier alpha value is -1.48. The summed E-state index contributed by atoms with van der Waals surface area (Å²) in [7, 11) is 1.81. The third-order valence-electron chi connectivity index (χ3n) is 4.14. The number of amides is 1. The van der Waals surface area contributed by atoms with Gasteiger partial charge in [-0.2, -0.15) is 36.2 Å². The molecule has 0 spiro atoms. The fourth-order valence-corrected chi connectivity index (χ4v) is 3.86. The summed E-state index contributed by atoms with van der Waals surface area (Å²) >= 11 is 7.15. The fraction of sp³-hybridized carbons (Fsp3) is 0.762. The molecule has 14 heteroatoms. The monoisotopic (exact) mass is 558 g/mol. The van der Waals surface area contributed by atoms with Crippen molar-refractivity contribution >= 4 is 54.0 Å². The largest absolute Gasteiger partial charge is 0.481 e. The van der Waals surface area contributed by atoms with Gasteiger partial charge in [-0.1, -0.05) is 27.7 Å². The van der Waals surface area contributed by atoms with Crippen LogP contribution in [0, 0.1) is 22.0 Å². The third kappa shape index (κ3) is 24.0. The van der Waals surface area contributed by atoms with Gasteiger partial charge < -0.3 is 26.6 Å². The number of hydrogen-bond acceptors (Lipinski definition) is 10. The minimum Gasteiger partial charge on any atom is -0.481 e. The molecule has 1 saturated heterocycles. The van der Waals surface area contributed by atoms with E-state index in [1.165, 1.54) is 6.08 Å². The Labute approximate surface area is 222 Å². The number of thioether (sulfide) groups is 2. The van der Waals surface area contributed by atoms with E-state index in [0.717, 1.165) is 18.5 Å². The Kier molecular flexibility index (Phi) is 25.0. The second-order valence-corrected chi connectivity index (χ2v) is 11.1. The normalized spacial score (nSPS) is 19.9. The average Bonchev–Trinajstić information content (AvgIpc) is 2.90. The molecule has 0 aromatic rings. The van der Waals surface area contributed by atoms with Crippen LogP contribution in [0.15, 0.2) is 12.3 Å². The first kappa shape index (κ1) is 38.1.